The second-order valence-electron chi connectivity index (χ2n) is 5.41. The fraction of sp³-hybridized carbons (Fsp3) is 0. The van der Waals surface area contributed by atoms with Crippen molar-refractivity contribution in [1.29, 1.82) is 0 Å². The Bertz CT molecular complexity index is 1130. The Morgan fingerprint density at radius 1 is 0.920 bits per heavy atom. The molecule has 1 aromatic heterocycles. The topological polar surface area (TPSA) is 111 Å². The zero-order chi connectivity index (χ0) is 17.4. The molecule has 1 amide bonds. The van der Waals surface area contributed by atoms with E-state index in [1.54, 1.807) is 48.5 Å². The average Bonchev–Trinajstić information content (AvgIpc) is 3.11. The van der Waals surface area contributed by atoms with Crippen molar-refractivity contribution in [1.82, 2.24) is 10.2 Å². The number of nitrogens with zero attached hydrogens (tertiary/aromatic N) is 3. The standard InChI is InChI=1S/C18H12N4O3/c23-16-11-8-4-5-9-12(11)17(24)14-13(16)15(21-20-14)18(25)22-19-10-6-2-1-3-7-10/h1-9,23-24H,(H,20,21). The van der Waals surface area contributed by atoms with Gasteiger partial charge in [0.05, 0.1) is 11.1 Å². The lowest BCUT2D eigenvalue weighted by molar-refractivity contribution is 0.0991. The van der Waals surface area contributed by atoms with Gasteiger partial charge in [-0.2, -0.15) is 5.10 Å². The van der Waals surface area contributed by atoms with Gasteiger partial charge in [0.25, 0.3) is 0 Å². The van der Waals surface area contributed by atoms with Crippen LogP contribution in [0.4, 0.5) is 5.69 Å². The molecule has 1 heterocycles. The Hall–Kier alpha value is -3.74. The summed E-state index contributed by atoms with van der Waals surface area (Å²) in [5.41, 5.74) is 0.597. The molecule has 0 bridgehead atoms. The first-order chi connectivity index (χ1) is 12.2. The van der Waals surface area contributed by atoms with E-state index < -0.39 is 5.91 Å². The fourth-order valence-electron chi connectivity index (χ4n) is 2.70. The molecular weight excluding hydrogens is 320 g/mol. The number of aromatic amines is 1. The van der Waals surface area contributed by atoms with Crippen LogP contribution in [0.5, 0.6) is 11.5 Å². The fourth-order valence-corrected chi connectivity index (χ4v) is 2.70. The van der Waals surface area contributed by atoms with Crippen molar-refractivity contribution < 1.29 is 15.0 Å². The smallest absolute Gasteiger partial charge is 0.314 e. The third-order valence-electron chi connectivity index (χ3n) is 3.89. The van der Waals surface area contributed by atoms with Gasteiger partial charge in [-0.25, -0.2) is 0 Å². The van der Waals surface area contributed by atoms with E-state index in [4.69, 9.17) is 0 Å². The van der Waals surface area contributed by atoms with Gasteiger partial charge in [0.2, 0.25) is 0 Å². The lowest BCUT2D eigenvalue weighted by Gasteiger charge is -2.05. The molecule has 0 radical (unpaired) electrons. The zero-order valence-corrected chi connectivity index (χ0v) is 12.8. The minimum atomic E-state index is -0.698. The molecule has 0 atom stereocenters. The molecule has 4 aromatic rings. The van der Waals surface area contributed by atoms with E-state index in [2.05, 4.69) is 20.4 Å². The molecule has 0 fully saturated rings. The number of carbonyl (C=O) groups excluding carboxylic acids is 1. The van der Waals surface area contributed by atoms with Crippen LogP contribution in [0.25, 0.3) is 21.7 Å². The summed E-state index contributed by atoms with van der Waals surface area (Å²) in [5.74, 6) is -0.953. The van der Waals surface area contributed by atoms with E-state index >= 15 is 0 Å². The summed E-state index contributed by atoms with van der Waals surface area (Å²) in [4.78, 5) is 12.4. The Morgan fingerprint density at radius 3 is 2.28 bits per heavy atom. The van der Waals surface area contributed by atoms with E-state index in [0.29, 0.717) is 16.5 Å². The summed E-state index contributed by atoms with van der Waals surface area (Å²) in [6, 6.07) is 15.6. The maximum Gasteiger partial charge on any atom is 0.314 e. The number of fused-ring (bicyclic) bond motifs is 2. The van der Waals surface area contributed by atoms with Crippen molar-refractivity contribution in [3.05, 3.63) is 60.3 Å². The average molecular weight is 332 g/mol. The van der Waals surface area contributed by atoms with Crippen LogP contribution in [-0.2, 0) is 0 Å². The number of benzene rings is 3. The quantitative estimate of drug-likeness (QED) is 0.380. The molecule has 0 saturated carbocycles. The second kappa shape index (κ2) is 5.72. The number of aromatic hydroxyl groups is 2. The summed E-state index contributed by atoms with van der Waals surface area (Å²) in [6.07, 6.45) is 0. The Balaban J connectivity index is 1.86. The number of amides is 1. The lowest BCUT2D eigenvalue weighted by atomic mass is 10.0. The van der Waals surface area contributed by atoms with Crippen LogP contribution in [0.15, 0.2) is 64.8 Å². The summed E-state index contributed by atoms with van der Waals surface area (Å²) in [6.45, 7) is 0. The van der Waals surface area contributed by atoms with Gasteiger partial charge in [-0.1, -0.05) is 42.5 Å². The van der Waals surface area contributed by atoms with Crippen LogP contribution < -0.4 is 0 Å². The van der Waals surface area contributed by atoms with Gasteiger partial charge < -0.3 is 10.2 Å². The molecule has 0 aliphatic rings. The summed E-state index contributed by atoms with van der Waals surface area (Å²) in [5, 5.41) is 35.9. The molecule has 7 nitrogen and oxygen atoms in total. The monoisotopic (exact) mass is 332 g/mol. The summed E-state index contributed by atoms with van der Waals surface area (Å²) in [7, 11) is 0. The van der Waals surface area contributed by atoms with Crippen molar-refractivity contribution in [3.63, 3.8) is 0 Å². The minimum absolute atomic E-state index is 0.0340. The van der Waals surface area contributed by atoms with E-state index in [9.17, 15) is 15.0 Å². The van der Waals surface area contributed by atoms with Crippen LogP contribution in [0, 0.1) is 0 Å². The molecule has 0 saturated heterocycles. The SMILES string of the molecule is O=C(N=Nc1ccccc1)c1[nH]nc2c(O)c3ccccc3c(O)c12. The maximum atomic E-state index is 12.4. The van der Waals surface area contributed by atoms with Gasteiger partial charge >= 0.3 is 5.91 Å². The predicted octanol–water partition coefficient (Wildman–Crippen LogP) is 4.05. The minimum Gasteiger partial charge on any atom is -0.507 e. The highest BCUT2D eigenvalue weighted by atomic mass is 16.3. The number of aromatic nitrogens is 2. The third kappa shape index (κ3) is 2.38. The number of hydrogen-bond donors (Lipinski definition) is 3. The second-order valence-corrected chi connectivity index (χ2v) is 5.41. The first-order valence-corrected chi connectivity index (χ1v) is 7.48. The molecule has 0 unspecified atom stereocenters. The Labute approximate surface area is 141 Å². The molecule has 0 spiro atoms. The van der Waals surface area contributed by atoms with E-state index in [1.807, 2.05) is 6.07 Å². The molecule has 3 N–H and O–H groups in total. The summed E-state index contributed by atoms with van der Waals surface area (Å²) < 4.78 is 0. The van der Waals surface area contributed by atoms with Crippen molar-refractivity contribution in [2.24, 2.45) is 10.2 Å². The molecule has 122 valence electrons. The number of phenolic OH excluding ortho intramolecular Hbond substituents is 2. The molecule has 0 aliphatic carbocycles. The number of carbonyl (C=O) groups is 1. The van der Waals surface area contributed by atoms with Crippen LogP contribution in [-0.4, -0.2) is 26.3 Å². The van der Waals surface area contributed by atoms with Crippen LogP contribution in [0.2, 0.25) is 0 Å². The van der Waals surface area contributed by atoms with Gasteiger partial charge in [-0.15, -0.1) is 10.2 Å². The number of rotatable bonds is 2. The highest BCUT2D eigenvalue weighted by Crippen LogP contribution is 2.41. The zero-order valence-electron chi connectivity index (χ0n) is 12.8. The predicted molar refractivity (Wildman–Crippen MR) is 92.2 cm³/mol. The largest absolute Gasteiger partial charge is 0.507 e. The van der Waals surface area contributed by atoms with E-state index in [0.717, 1.165) is 0 Å². The van der Waals surface area contributed by atoms with Gasteiger partial charge in [0.1, 0.15) is 17.0 Å². The van der Waals surface area contributed by atoms with Crippen molar-refractivity contribution in [3.8, 4) is 11.5 Å². The van der Waals surface area contributed by atoms with Gasteiger partial charge in [-0.05, 0) is 12.1 Å². The first kappa shape index (κ1) is 14.8. The summed E-state index contributed by atoms with van der Waals surface area (Å²) >= 11 is 0. The van der Waals surface area contributed by atoms with Crippen molar-refractivity contribution >= 4 is 33.3 Å². The number of azo groups is 1. The van der Waals surface area contributed by atoms with E-state index in [1.165, 1.54) is 0 Å². The highest BCUT2D eigenvalue weighted by Gasteiger charge is 2.22. The van der Waals surface area contributed by atoms with Gasteiger partial charge in [0, 0.05) is 10.8 Å². The Morgan fingerprint density at radius 2 is 1.56 bits per heavy atom. The highest BCUT2D eigenvalue weighted by molar-refractivity contribution is 6.16. The van der Waals surface area contributed by atoms with E-state index in [-0.39, 0.29) is 28.1 Å². The van der Waals surface area contributed by atoms with Crippen LogP contribution in [0.3, 0.4) is 0 Å². The molecule has 3 aromatic carbocycles. The normalized spacial score (nSPS) is 11.5. The number of phenols is 2. The van der Waals surface area contributed by atoms with Crippen LogP contribution in [0.1, 0.15) is 10.5 Å². The third-order valence-corrected chi connectivity index (χ3v) is 3.89. The molecule has 0 aliphatic heterocycles. The van der Waals surface area contributed by atoms with Crippen molar-refractivity contribution in [2.75, 3.05) is 0 Å². The first-order valence-electron chi connectivity index (χ1n) is 7.48. The van der Waals surface area contributed by atoms with Crippen molar-refractivity contribution in [2.45, 2.75) is 0 Å². The molecule has 7 heteroatoms. The maximum absolute atomic E-state index is 12.4. The lowest BCUT2D eigenvalue weighted by Crippen LogP contribution is -1.95. The Kier molecular flexibility index (Phi) is 3.39. The number of nitrogens with one attached hydrogen (secondary N) is 1. The van der Waals surface area contributed by atoms with Gasteiger partial charge in [0.15, 0.2) is 5.75 Å². The van der Waals surface area contributed by atoms with Crippen LogP contribution >= 0.6 is 0 Å². The number of hydrogen-bond acceptors (Lipinski definition) is 5. The molecule has 25 heavy (non-hydrogen) atoms. The van der Waals surface area contributed by atoms with Gasteiger partial charge in [-0.3, -0.25) is 9.89 Å². The molecule has 4 rings (SSSR count). The molecular formula is C18H12N4O3. The number of H-pyrrole nitrogens is 1.